The van der Waals surface area contributed by atoms with Gasteiger partial charge in [0.15, 0.2) is 10.3 Å². The molecule has 0 aliphatic carbocycles. The van der Waals surface area contributed by atoms with Crippen LogP contribution in [0.25, 0.3) is 11.4 Å². The number of aliphatic hydroxyl groups excluding tert-OH is 1. The molecule has 2 aliphatic heterocycles. The molecule has 490 valence electrons. The van der Waals surface area contributed by atoms with Crippen molar-refractivity contribution in [3.8, 4) is 11.4 Å². The Labute approximate surface area is 523 Å². The highest BCUT2D eigenvalue weighted by atomic mass is 35.5. The number of hydrogen-bond donors (Lipinski definition) is 2. The molecule has 2 saturated heterocycles. The van der Waals surface area contributed by atoms with Crippen molar-refractivity contribution in [2.45, 2.75) is 68.8 Å². The molecule has 2 aliphatic rings. The summed E-state index contributed by atoms with van der Waals surface area (Å²) in [4.78, 5) is 133. The zero-order valence-electron chi connectivity index (χ0n) is 46.8. The quantitative estimate of drug-likeness (QED) is 0.0510. The second kappa shape index (κ2) is 32.6. The molecular weight excluding hydrogens is 1330 g/mol. The summed E-state index contributed by atoms with van der Waals surface area (Å²) < 4.78 is 144. The lowest BCUT2D eigenvalue weighted by atomic mass is 10.2. The molecule has 2 aromatic heterocycles. The van der Waals surface area contributed by atoms with Crippen LogP contribution in [0.1, 0.15) is 51.1 Å². The van der Waals surface area contributed by atoms with Crippen molar-refractivity contribution in [1.82, 2.24) is 28.1 Å². The molecule has 3 aromatic carbocycles. The van der Waals surface area contributed by atoms with Crippen molar-refractivity contribution in [3.63, 3.8) is 0 Å². The maximum absolute atomic E-state index is 14.9. The number of benzene rings is 3. The second-order valence-electron chi connectivity index (χ2n) is 17.5. The molecule has 0 bridgehead atoms. The fourth-order valence-corrected chi connectivity index (χ4v) is 10.5. The lowest BCUT2D eigenvalue weighted by molar-refractivity contribution is -0.147. The number of carbonyl (C=O) groups excluding carboxylic acids is 5. The third-order valence-corrected chi connectivity index (χ3v) is 15.2. The van der Waals surface area contributed by atoms with Gasteiger partial charge in [0.05, 0.1) is 66.0 Å². The zero-order valence-corrected chi connectivity index (χ0v) is 50.7. The number of aliphatic carboxylic acids is 1. The van der Waals surface area contributed by atoms with Gasteiger partial charge in [-0.1, -0.05) is 71.8 Å². The number of aliphatic imine (C=N–C) groups is 2. The monoisotopic (exact) mass is 1380 g/mol. The minimum atomic E-state index is -5.04. The summed E-state index contributed by atoms with van der Waals surface area (Å²) in [6.07, 6.45) is -11.1. The van der Waals surface area contributed by atoms with Crippen LogP contribution in [0.3, 0.4) is 0 Å². The summed E-state index contributed by atoms with van der Waals surface area (Å²) in [6, 6.07) is 9.87. The largest absolute Gasteiger partial charge is 0.768 e. The SMILES string of the molecule is C.CCOC(=O)CN1C(=O)C(CC(=O)O)SC1=Nc1cc(-n2c(=O)cc(C(F)(F)F)n(C)c2=O)c(F)cc1Cl.CCOC(=O)CN1C(=O)C(CC(=O)OC)SC1=Nc1cc(-n2c(=O)cc(C(F)(F)F)n(C)c2=O)c(F)cc1Cl.CO.Cc1ccc(S(=O)[O-])cc1. The smallest absolute Gasteiger partial charge is 0.431 e. The summed E-state index contributed by atoms with van der Waals surface area (Å²) in [5.41, 5.74) is -10.2. The van der Waals surface area contributed by atoms with E-state index in [2.05, 4.69) is 14.7 Å². The van der Waals surface area contributed by atoms with Crippen molar-refractivity contribution < 1.29 is 97.1 Å². The number of aliphatic hydroxyl groups is 1. The van der Waals surface area contributed by atoms with Crippen LogP contribution in [-0.2, 0) is 80.5 Å². The molecule has 2 N–H and O–H groups in total. The molecule has 25 nitrogen and oxygen atoms in total. The number of amidine groups is 2. The first-order valence-corrected chi connectivity index (χ1v) is 28.3. The van der Waals surface area contributed by atoms with Gasteiger partial charge >= 0.3 is 47.6 Å². The van der Waals surface area contributed by atoms with Gasteiger partial charge in [-0.25, -0.2) is 37.5 Å². The number of esters is 3. The Hall–Kier alpha value is -8.03. The predicted octanol–water partition coefficient (Wildman–Crippen LogP) is 6.20. The molecule has 3 unspecified atom stereocenters. The van der Waals surface area contributed by atoms with Crippen LogP contribution in [0.2, 0.25) is 10.0 Å². The average molecular weight is 1380 g/mol. The number of methoxy groups -OCH3 is 1. The Morgan fingerprint density at radius 2 is 1.02 bits per heavy atom. The summed E-state index contributed by atoms with van der Waals surface area (Å²) in [5, 5.41) is 12.7. The number of nitrogens with zero attached hydrogens (tertiary/aromatic N) is 8. The van der Waals surface area contributed by atoms with Crippen LogP contribution < -0.4 is 22.5 Å². The number of thioether (sulfide) groups is 2. The topological polar surface area (TPSA) is 330 Å². The molecule has 2 amide bonds. The van der Waals surface area contributed by atoms with Gasteiger partial charge in [0.25, 0.3) is 11.1 Å². The highest BCUT2D eigenvalue weighted by Gasteiger charge is 2.43. The normalized spacial score (nSPS) is 15.8. The lowest BCUT2D eigenvalue weighted by Crippen LogP contribution is -2.41. The lowest BCUT2D eigenvalue weighted by Gasteiger charge is -2.16. The predicted molar refractivity (Wildman–Crippen MR) is 310 cm³/mol. The Kier molecular flexibility index (Phi) is 27.6. The van der Waals surface area contributed by atoms with E-state index in [-0.39, 0.29) is 89.2 Å². The Bertz CT molecular complexity index is 3900. The Morgan fingerprint density at radius 1 is 0.656 bits per heavy atom. The highest BCUT2D eigenvalue weighted by Crippen LogP contribution is 2.38. The molecule has 2 fully saturated rings. The van der Waals surface area contributed by atoms with Crippen LogP contribution in [0.15, 0.2) is 94.7 Å². The number of ether oxygens (including phenoxy) is 3. The molecule has 5 aromatic rings. The van der Waals surface area contributed by atoms with Crippen molar-refractivity contribution >= 4 is 115 Å². The van der Waals surface area contributed by atoms with E-state index >= 15 is 0 Å². The number of halogens is 10. The first-order valence-electron chi connectivity index (χ1n) is 24.7. The van der Waals surface area contributed by atoms with Gasteiger partial charge in [-0.2, -0.15) is 26.3 Å². The second-order valence-corrected chi connectivity index (χ2v) is 21.6. The van der Waals surface area contributed by atoms with Gasteiger partial charge in [0.1, 0.15) is 46.6 Å². The molecular formula is C52H51Cl2F8N8O17S3-. The van der Waals surface area contributed by atoms with E-state index < -0.39 is 146 Å². The van der Waals surface area contributed by atoms with Crippen LogP contribution in [0, 0.1) is 18.6 Å². The average Bonchev–Trinajstić information content (AvgIpc) is 0.940. The third-order valence-electron chi connectivity index (χ3n) is 11.5. The maximum Gasteiger partial charge on any atom is 0.431 e. The van der Waals surface area contributed by atoms with Gasteiger partial charge in [0.2, 0.25) is 11.8 Å². The van der Waals surface area contributed by atoms with Crippen LogP contribution >= 0.6 is 46.7 Å². The van der Waals surface area contributed by atoms with E-state index in [1.165, 1.54) is 6.92 Å². The van der Waals surface area contributed by atoms with Gasteiger partial charge in [-0.3, -0.25) is 61.5 Å². The number of amides is 2. The van der Waals surface area contributed by atoms with Crippen LogP contribution in [-0.4, -0.2) is 144 Å². The van der Waals surface area contributed by atoms with E-state index in [1.807, 2.05) is 6.92 Å². The number of alkyl halides is 6. The van der Waals surface area contributed by atoms with Gasteiger partial charge in [-0.05, 0) is 68.2 Å². The van der Waals surface area contributed by atoms with Crippen molar-refractivity contribution in [2.75, 3.05) is 40.5 Å². The van der Waals surface area contributed by atoms with Gasteiger partial charge in [0, 0.05) is 38.2 Å². The number of hydrogen-bond acceptors (Lipinski definition) is 20. The summed E-state index contributed by atoms with van der Waals surface area (Å²) in [7, 11) is 3.61. The third kappa shape index (κ3) is 19.0. The molecule has 7 rings (SSSR count). The standard InChI is InChI=1S/C22H19ClF4N4O7S.C21H17ClF4N4O7S.C7H8O2S.CH4O.CH4/c1-4-38-18(34)9-30-19(35)14(7-17(33)37-3)39-20(30)28-12-6-13(11(24)5-10(12)23)31-16(32)8-15(22(25,26)27)29(2)21(31)36;1-3-37-17(34)8-29-18(35)13(6-16(32)33)38-19(29)27-11-5-12(10(23)4-9(11)22)30-15(31)7-14(21(24,25)26)28(2)20(30)36;1-6-2-4-7(5-3-6)10(8)9;1-2;/h5-6,8,14H,4,7,9H2,1-3H3;4-5,7,13H,3,6,8H2,1-2H3,(H,32,33);2-5H,1H3,(H,8,9);2H,1H3;1H4/p-1. The number of aryl methyl sites for hydroxylation is 1. The molecule has 4 heterocycles. The summed E-state index contributed by atoms with van der Waals surface area (Å²) in [5.74, 6) is -7.63. The van der Waals surface area contributed by atoms with E-state index in [0.29, 0.717) is 28.8 Å². The Balaban J connectivity index is 0.000000393. The molecule has 0 saturated carbocycles. The molecule has 0 spiro atoms. The summed E-state index contributed by atoms with van der Waals surface area (Å²) >= 11 is 11.5. The van der Waals surface area contributed by atoms with Crippen molar-refractivity contribution in [1.29, 1.82) is 0 Å². The van der Waals surface area contributed by atoms with Gasteiger partial charge in [-0.15, -0.1) is 0 Å². The van der Waals surface area contributed by atoms with E-state index in [0.717, 1.165) is 67.6 Å². The molecule has 38 heteroatoms. The van der Waals surface area contributed by atoms with Crippen LogP contribution in [0.5, 0.6) is 0 Å². The molecule has 0 radical (unpaired) electrons. The maximum atomic E-state index is 14.9. The first-order chi connectivity index (χ1) is 41.5. The fraction of sp³-hybridized carbons (Fsp3) is 0.346. The van der Waals surface area contributed by atoms with E-state index in [9.17, 15) is 91.8 Å². The van der Waals surface area contributed by atoms with Crippen molar-refractivity contribution in [2.24, 2.45) is 24.1 Å². The number of carboxylic acid groups (broad SMARTS) is 1. The first kappa shape index (κ1) is 76.2. The minimum Gasteiger partial charge on any atom is -0.768 e. The van der Waals surface area contributed by atoms with Crippen molar-refractivity contribution in [3.05, 3.63) is 141 Å². The number of aromatic nitrogens is 4. The van der Waals surface area contributed by atoms with Gasteiger partial charge < -0.3 is 29.0 Å². The number of carbonyl (C=O) groups is 6. The fourth-order valence-electron chi connectivity index (χ4n) is 7.47. The zero-order chi connectivity index (χ0) is 67.3. The van der Waals surface area contributed by atoms with Crippen LogP contribution in [0.4, 0.5) is 46.5 Å². The number of rotatable bonds is 15. The minimum absolute atomic E-state index is 0. The Morgan fingerprint density at radius 3 is 1.34 bits per heavy atom. The highest BCUT2D eigenvalue weighted by molar-refractivity contribution is 8.15. The molecule has 3 atom stereocenters. The molecule has 90 heavy (non-hydrogen) atoms. The van der Waals surface area contributed by atoms with E-state index in [1.54, 1.807) is 31.2 Å². The summed E-state index contributed by atoms with van der Waals surface area (Å²) in [6.45, 7) is 3.74. The van der Waals surface area contributed by atoms with E-state index in [4.69, 9.17) is 42.9 Å². The number of carboxylic acids is 1.